The lowest BCUT2D eigenvalue weighted by Gasteiger charge is -2.15. The number of carbonyl (C=O) groups excluding carboxylic acids is 1. The molecule has 1 fully saturated rings. The molecule has 3 aromatic heterocycles. The van der Waals surface area contributed by atoms with Crippen molar-refractivity contribution >= 4 is 55.5 Å². The first-order valence-corrected chi connectivity index (χ1v) is 13.1. The summed E-state index contributed by atoms with van der Waals surface area (Å²) in [7, 11) is 0. The van der Waals surface area contributed by atoms with Crippen LogP contribution in [0.2, 0.25) is 5.15 Å². The molecule has 10 heteroatoms. The number of thiophene rings is 1. The van der Waals surface area contributed by atoms with Crippen LogP contribution in [-0.2, 0) is 0 Å². The second-order valence-corrected chi connectivity index (χ2v) is 10.5. The van der Waals surface area contributed by atoms with Gasteiger partial charge >= 0.3 is 0 Å². The Morgan fingerprint density at radius 2 is 2.06 bits per heavy atom. The summed E-state index contributed by atoms with van der Waals surface area (Å²) in [6, 6.07) is 9.81. The zero-order valence-electron chi connectivity index (χ0n) is 19.3. The van der Waals surface area contributed by atoms with Crippen molar-refractivity contribution in [3.8, 4) is 17.1 Å². The zero-order chi connectivity index (χ0) is 23.9. The number of aromatic nitrogens is 3. The fraction of sp³-hybridized carbons (Fsp3) is 0.360. The largest absolute Gasteiger partial charge is 0.475 e. The summed E-state index contributed by atoms with van der Waals surface area (Å²) in [6.07, 6.45) is 2.49. The van der Waals surface area contributed by atoms with Crippen molar-refractivity contribution < 1.29 is 9.53 Å². The maximum absolute atomic E-state index is 12.7. The normalized spacial score (nSPS) is 18.3. The van der Waals surface area contributed by atoms with Crippen LogP contribution in [-0.4, -0.2) is 64.8 Å². The molecule has 0 aliphatic carbocycles. The molecule has 2 aliphatic rings. The van der Waals surface area contributed by atoms with Gasteiger partial charge < -0.3 is 15.4 Å². The van der Waals surface area contributed by atoms with Crippen LogP contribution >= 0.6 is 22.9 Å². The van der Waals surface area contributed by atoms with Gasteiger partial charge in [0.05, 0.1) is 22.5 Å². The van der Waals surface area contributed by atoms with Gasteiger partial charge in [0.2, 0.25) is 5.88 Å². The fourth-order valence-corrected chi connectivity index (χ4v) is 6.04. The van der Waals surface area contributed by atoms with Crippen LogP contribution in [0.3, 0.4) is 0 Å². The molecule has 0 spiro atoms. The molecule has 0 unspecified atom stereocenters. The summed E-state index contributed by atoms with van der Waals surface area (Å²) in [5, 5.41) is 17.0. The van der Waals surface area contributed by atoms with Gasteiger partial charge in [-0.1, -0.05) is 11.6 Å². The number of hydrogen-bond acceptors (Lipinski definition) is 8. The predicted molar refractivity (Wildman–Crippen MR) is 140 cm³/mol. The van der Waals surface area contributed by atoms with Crippen molar-refractivity contribution in [3.63, 3.8) is 0 Å². The van der Waals surface area contributed by atoms with Gasteiger partial charge in [-0.25, -0.2) is 4.98 Å². The molecule has 5 heterocycles. The maximum atomic E-state index is 12.7. The van der Waals surface area contributed by atoms with Crippen molar-refractivity contribution in [1.29, 1.82) is 0 Å². The first-order valence-electron chi connectivity index (χ1n) is 11.9. The third-order valence-electron chi connectivity index (χ3n) is 6.54. The molecule has 2 aliphatic heterocycles. The van der Waals surface area contributed by atoms with Gasteiger partial charge in [-0.3, -0.25) is 9.69 Å². The lowest BCUT2D eigenvalue weighted by Crippen LogP contribution is -2.34. The number of carbonyl (C=O) groups is 1. The van der Waals surface area contributed by atoms with E-state index in [-0.39, 0.29) is 17.1 Å². The van der Waals surface area contributed by atoms with E-state index in [4.69, 9.17) is 21.3 Å². The number of anilines is 1. The molecule has 0 saturated carbocycles. The minimum absolute atomic E-state index is 0.0374. The summed E-state index contributed by atoms with van der Waals surface area (Å²) in [4.78, 5) is 20.7. The predicted octanol–water partition coefficient (Wildman–Crippen LogP) is 4.58. The number of ether oxygens (including phenoxy) is 1. The number of rotatable bonds is 5. The van der Waals surface area contributed by atoms with E-state index in [9.17, 15) is 4.79 Å². The van der Waals surface area contributed by atoms with Gasteiger partial charge in [0, 0.05) is 34.6 Å². The average molecular weight is 509 g/mol. The molecule has 1 atom stereocenters. The Labute approximate surface area is 211 Å². The molecule has 4 aromatic rings. The van der Waals surface area contributed by atoms with Crippen LogP contribution in [0.5, 0.6) is 5.88 Å². The summed E-state index contributed by atoms with van der Waals surface area (Å²) in [5.74, 6) is 0.392. The van der Waals surface area contributed by atoms with Gasteiger partial charge in [-0.2, -0.15) is 0 Å². The van der Waals surface area contributed by atoms with Crippen LogP contribution in [0.4, 0.5) is 5.69 Å². The van der Waals surface area contributed by atoms with Crippen LogP contribution in [0, 0.1) is 0 Å². The average Bonchev–Trinajstić information content (AvgIpc) is 3.48. The van der Waals surface area contributed by atoms with Gasteiger partial charge in [-0.05, 0) is 63.2 Å². The molecule has 8 nitrogen and oxygen atoms in total. The SMILES string of the molecule is C[C@@H]1CNc2c(sc3ccc4nc(-c5cc(Cl)nnc5OCCN5CCCC5)ccc4c23)C(=O)N1. The molecule has 180 valence electrons. The van der Waals surface area contributed by atoms with Crippen molar-refractivity contribution in [1.82, 2.24) is 25.4 Å². The molecule has 35 heavy (non-hydrogen) atoms. The topological polar surface area (TPSA) is 92.3 Å². The highest BCUT2D eigenvalue weighted by atomic mass is 35.5. The molecule has 0 bridgehead atoms. The second kappa shape index (κ2) is 9.22. The van der Waals surface area contributed by atoms with Crippen LogP contribution in [0.1, 0.15) is 29.4 Å². The number of likely N-dealkylation sites (tertiary alicyclic amines) is 1. The lowest BCUT2D eigenvalue weighted by atomic mass is 10.1. The Hall–Kier alpha value is -3.01. The molecule has 1 amide bonds. The highest BCUT2D eigenvalue weighted by molar-refractivity contribution is 7.21. The molecular formula is C25H25ClN6O2S. The highest BCUT2D eigenvalue weighted by Crippen LogP contribution is 2.41. The molecular weight excluding hydrogens is 484 g/mol. The van der Waals surface area contributed by atoms with Crippen molar-refractivity contribution in [2.75, 3.05) is 38.1 Å². The summed E-state index contributed by atoms with van der Waals surface area (Å²) >= 11 is 7.70. The smallest absolute Gasteiger partial charge is 0.263 e. The van der Waals surface area contributed by atoms with Gasteiger partial charge in [0.25, 0.3) is 5.91 Å². The lowest BCUT2D eigenvalue weighted by molar-refractivity contribution is 0.0949. The monoisotopic (exact) mass is 508 g/mol. The first kappa shape index (κ1) is 22.5. The summed E-state index contributed by atoms with van der Waals surface area (Å²) in [5.41, 5.74) is 3.13. The quantitative estimate of drug-likeness (QED) is 0.407. The number of hydrogen-bond donors (Lipinski definition) is 2. The van der Waals surface area contributed by atoms with Crippen molar-refractivity contribution in [2.24, 2.45) is 0 Å². The number of fused-ring (bicyclic) bond motifs is 5. The standard InChI is InChI=1S/C25H25ClN6O2S/c1-14-13-27-22-21-15-4-5-18(29-17(15)6-7-19(21)35-23(22)24(33)28-14)16-12-20(26)30-31-25(16)34-11-10-32-8-2-3-9-32/h4-7,12,14,27H,2-3,8-11,13H2,1H3,(H,28,33)/t14-/m1/s1. The Morgan fingerprint density at radius 3 is 2.91 bits per heavy atom. The Kier molecular flexibility index (Phi) is 5.91. The number of nitrogens with zero attached hydrogens (tertiary/aromatic N) is 4. The fourth-order valence-electron chi connectivity index (χ4n) is 4.80. The van der Waals surface area contributed by atoms with Crippen LogP contribution < -0.4 is 15.4 Å². The Morgan fingerprint density at radius 1 is 1.20 bits per heavy atom. The first-order chi connectivity index (χ1) is 17.1. The third-order valence-corrected chi connectivity index (χ3v) is 7.88. The summed E-state index contributed by atoms with van der Waals surface area (Å²) < 4.78 is 7.07. The molecule has 1 saturated heterocycles. The van der Waals surface area contributed by atoms with Crippen LogP contribution in [0.15, 0.2) is 30.3 Å². The van der Waals surface area contributed by atoms with Gasteiger partial charge in [0.15, 0.2) is 5.15 Å². The van der Waals surface area contributed by atoms with Crippen LogP contribution in [0.25, 0.3) is 32.2 Å². The number of amides is 1. The minimum Gasteiger partial charge on any atom is -0.475 e. The maximum Gasteiger partial charge on any atom is 0.263 e. The second-order valence-electron chi connectivity index (χ2n) is 9.05. The van der Waals surface area contributed by atoms with E-state index in [1.807, 2.05) is 31.2 Å². The number of pyridine rings is 1. The zero-order valence-corrected chi connectivity index (χ0v) is 20.9. The molecule has 6 rings (SSSR count). The number of halogens is 1. The summed E-state index contributed by atoms with van der Waals surface area (Å²) in [6.45, 7) is 6.29. The van der Waals surface area contributed by atoms with Gasteiger partial charge in [-0.15, -0.1) is 21.5 Å². The van der Waals surface area contributed by atoms with E-state index in [0.717, 1.165) is 46.3 Å². The number of benzene rings is 1. The van der Waals surface area contributed by atoms with Gasteiger partial charge in [0.1, 0.15) is 11.5 Å². The highest BCUT2D eigenvalue weighted by Gasteiger charge is 2.25. The van der Waals surface area contributed by atoms with E-state index in [2.05, 4.69) is 25.7 Å². The Bertz CT molecular complexity index is 1430. The van der Waals surface area contributed by atoms with E-state index in [0.29, 0.717) is 35.2 Å². The van der Waals surface area contributed by atoms with E-state index in [1.54, 1.807) is 6.07 Å². The van der Waals surface area contributed by atoms with E-state index in [1.165, 1.54) is 24.2 Å². The third kappa shape index (κ3) is 4.28. The van der Waals surface area contributed by atoms with Crippen molar-refractivity contribution in [3.05, 3.63) is 40.4 Å². The minimum atomic E-state index is -0.0374. The molecule has 1 aromatic carbocycles. The number of nitrogens with one attached hydrogen (secondary N) is 2. The van der Waals surface area contributed by atoms with E-state index >= 15 is 0 Å². The molecule has 2 N–H and O–H groups in total. The van der Waals surface area contributed by atoms with E-state index < -0.39 is 0 Å². The Balaban J connectivity index is 1.37. The van der Waals surface area contributed by atoms with Crippen molar-refractivity contribution in [2.45, 2.75) is 25.8 Å². The molecule has 0 radical (unpaired) electrons.